The van der Waals surface area contributed by atoms with Crippen molar-refractivity contribution in [1.82, 2.24) is 10.2 Å². The number of hydrogen-bond acceptors (Lipinski definition) is 3. The lowest BCUT2D eigenvalue weighted by Gasteiger charge is -2.17. The van der Waals surface area contributed by atoms with Crippen molar-refractivity contribution in [3.05, 3.63) is 29.3 Å². The highest BCUT2D eigenvalue weighted by Crippen LogP contribution is 2.21. The third-order valence-corrected chi connectivity index (χ3v) is 3.31. The van der Waals surface area contributed by atoms with Crippen LogP contribution in [0.3, 0.4) is 0 Å². The zero-order chi connectivity index (χ0) is 15.1. The number of carbonyl (C=O) groups excluding carboxylic acids is 1. The van der Waals surface area contributed by atoms with Crippen LogP contribution < -0.4 is 10.1 Å². The summed E-state index contributed by atoms with van der Waals surface area (Å²) in [5, 5.41) is 2.90. The highest BCUT2D eigenvalue weighted by atomic mass is 16.5. The summed E-state index contributed by atoms with van der Waals surface area (Å²) in [6.45, 7) is 7.47. The molecule has 4 heteroatoms. The molecule has 0 spiro atoms. The standard InChI is InChI=1S/C16H26N2O2/c1-12-8-6-9-15(13(12)2)20-14(3)16(19)17-10-7-11-18(4)5/h6,8-9,14H,7,10-11H2,1-5H3,(H,17,19). The van der Waals surface area contributed by atoms with Crippen LogP contribution in [0, 0.1) is 13.8 Å². The van der Waals surface area contributed by atoms with Crippen LogP contribution in [0.5, 0.6) is 5.75 Å². The lowest BCUT2D eigenvalue weighted by molar-refractivity contribution is -0.127. The Morgan fingerprint density at radius 3 is 2.70 bits per heavy atom. The van der Waals surface area contributed by atoms with Crippen molar-refractivity contribution in [3.8, 4) is 5.75 Å². The van der Waals surface area contributed by atoms with Gasteiger partial charge >= 0.3 is 0 Å². The molecule has 1 aromatic carbocycles. The van der Waals surface area contributed by atoms with Gasteiger partial charge in [0.05, 0.1) is 0 Å². The lowest BCUT2D eigenvalue weighted by atomic mass is 10.1. The highest BCUT2D eigenvalue weighted by molar-refractivity contribution is 5.80. The van der Waals surface area contributed by atoms with Crippen molar-refractivity contribution >= 4 is 5.91 Å². The van der Waals surface area contributed by atoms with Crippen LogP contribution in [0.1, 0.15) is 24.5 Å². The number of benzene rings is 1. The Balaban J connectivity index is 2.43. The minimum atomic E-state index is -0.477. The SMILES string of the molecule is Cc1cccc(OC(C)C(=O)NCCCN(C)C)c1C. The van der Waals surface area contributed by atoms with Gasteiger partial charge in [-0.2, -0.15) is 0 Å². The zero-order valence-electron chi connectivity index (χ0n) is 13.2. The number of hydrogen-bond donors (Lipinski definition) is 1. The van der Waals surface area contributed by atoms with Gasteiger partial charge in [0.2, 0.25) is 0 Å². The number of nitrogens with one attached hydrogen (secondary N) is 1. The smallest absolute Gasteiger partial charge is 0.260 e. The third kappa shape index (κ3) is 5.21. The van der Waals surface area contributed by atoms with Crippen LogP contribution in [0.25, 0.3) is 0 Å². The molecule has 0 aromatic heterocycles. The summed E-state index contributed by atoms with van der Waals surface area (Å²) in [5.41, 5.74) is 2.25. The molecule has 0 saturated heterocycles. The van der Waals surface area contributed by atoms with E-state index in [0.717, 1.165) is 24.3 Å². The fourth-order valence-electron chi connectivity index (χ4n) is 1.85. The topological polar surface area (TPSA) is 41.6 Å². The molecule has 0 heterocycles. The molecule has 112 valence electrons. The van der Waals surface area contributed by atoms with Gasteiger partial charge in [-0.25, -0.2) is 0 Å². The number of carbonyl (C=O) groups is 1. The van der Waals surface area contributed by atoms with Gasteiger partial charge in [0.15, 0.2) is 6.10 Å². The van der Waals surface area contributed by atoms with E-state index in [1.807, 2.05) is 46.1 Å². The van der Waals surface area contributed by atoms with Gasteiger partial charge in [-0.15, -0.1) is 0 Å². The maximum atomic E-state index is 11.9. The Labute approximate surface area is 122 Å². The number of amides is 1. The molecule has 0 aliphatic heterocycles. The van der Waals surface area contributed by atoms with Crippen LogP contribution in [0.2, 0.25) is 0 Å². The van der Waals surface area contributed by atoms with Gasteiger partial charge in [0, 0.05) is 6.54 Å². The molecule has 1 aromatic rings. The molecule has 20 heavy (non-hydrogen) atoms. The Morgan fingerprint density at radius 2 is 2.05 bits per heavy atom. The quantitative estimate of drug-likeness (QED) is 0.777. The molecular formula is C16H26N2O2. The van der Waals surface area contributed by atoms with Crippen LogP contribution in [0.15, 0.2) is 18.2 Å². The highest BCUT2D eigenvalue weighted by Gasteiger charge is 2.15. The van der Waals surface area contributed by atoms with E-state index in [0.29, 0.717) is 6.54 Å². The van der Waals surface area contributed by atoms with Crippen LogP contribution in [-0.4, -0.2) is 44.1 Å². The molecule has 1 amide bonds. The molecule has 1 rings (SSSR count). The van der Waals surface area contributed by atoms with Crippen LogP contribution >= 0.6 is 0 Å². The van der Waals surface area contributed by atoms with Gasteiger partial charge in [-0.05, 0) is 65.0 Å². The molecule has 0 aliphatic rings. The summed E-state index contributed by atoms with van der Waals surface area (Å²) < 4.78 is 5.74. The normalized spacial score (nSPS) is 12.3. The van der Waals surface area contributed by atoms with Gasteiger partial charge in [0.1, 0.15) is 5.75 Å². The molecule has 1 atom stereocenters. The van der Waals surface area contributed by atoms with E-state index in [1.165, 1.54) is 5.56 Å². The first-order valence-electron chi connectivity index (χ1n) is 7.07. The predicted molar refractivity (Wildman–Crippen MR) is 82.2 cm³/mol. The summed E-state index contributed by atoms with van der Waals surface area (Å²) in [6, 6.07) is 5.88. The lowest BCUT2D eigenvalue weighted by Crippen LogP contribution is -2.37. The van der Waals surface area contributed by atoms with E-state index >= 15 is 0 Å². The molecule has 0 fully saturated rings. The van der Waals surface area contributed by atoms with Crippen molar-refractivity contribution in [3.63, 3.8) is 0 Å². The first kappa shape index (κ1) is 16.5. The van der Waals surface area contributed by atoms with E-state index in [4.69, 9.17) is 4.74 Å². The number of aryl methyl sites for hydroxylation is 1. The van der Waals surface area contributed by atoms with E-state index in [-0.39, 0.29) is 5.91 Å². The number of ether oxygens (including phenoxy) is 1. The van der Waals surface area contributed by atoms with Gasteiger partial charge in [0.25, 0.3) is 5.91 Å². The van der Waals surface area contributed by atoms with Gasteiger partial charge in [-0.1, -0.05) is 12.1 Å². The Hall–Kier alpha value is -1.55. The fourth-order valence-corrected chi connectivity index (χ4v) is 1.85. The second kappa shape index (κ2) is 7.90. The molecule has 1 N–H and O–H groups in total. The minimum absolute atomic E-state index is 0.0651. The maximum absolute atomic E-state index is 11.9. The fraction of sp³-hybridized carbons (Fsp3) is 0.562. The average molecular weight is 278 g/mol. The first-order valence-corrected chi connectivity index (χ1v) is 7.07. The molecule has 4 nitrogen and oxygen atoms in total. The monoisotopic (exact) mass is 278 g/mol. The molecule has 1 unspecified atom stereocenters. The summed E-state index contributed by atoms with van der Waals surface area (Å²) in [5.74, 6) is 0.714. The average Bonchev–Trinajstić information content (AvgIpc) is 2.39. The predicted octanol–water partition coefficient (Wildman–Crippen LogP) is 2.14. The Bertz CT molecular complexity index is 444. The van der Waals surface area contributed by atoms with Crippen LogP contribution in [-0.2, 0) is 4.79 Å². The molecular weight excluding hydrogens is 252 g/mol. The molecule has 0 aliphatic carbocycles. The van der Waals surface area contributed by atoms with Crippen molar-refractivity contribution in [2.75, 3.05) is 27.2 Å². The van der Waals surface area contributed by atoms with E-state index < -0.39 is 6.10 Å². The van der Waals surface area contributed by atoms with Crippen molar-refractivity contribution in [2.45, 2.75) is 33.3 Å². The Kier molecular flexibility index (Phi) is 6.52. The second-order valence-electron chi connectivity index (χ2n) is 5.41. The largest absolute Gasteiger partial charge is 0.481 e. The first-order chi connectivity index (χ1) is 9.41. The number of nitrogens with zero attached hydrogens (tertiary/aromatic N) is 1. The molecule has 0 saturated carbocycles. The summed E-state index contributed by atoms with van der Waals surface area (Å²) >= 11 is 0. The summed E-state index contributed by atoms with van der Waals surface area (Å²) in [7, 11) is 4.04. The zero-order valence-corrected chi connectivity index (χ0v) is 13.2. The van der Waals surface area contributed by atoms with Crippen molar-refractivity contribution in [2.24, 2.45) is 0 Å². The van der Waals surface area contributed by atoms with Crippen molar-refractivity contribution in [1.29, 1.82) is 0 Å². The van der Waals surface area contributed by atoms with Crippen molar-refractivity contribution < 1.29 is 9.53 Å². The minimum Gasteiger partial charge on any atom is -0.481 e. The molecule has 0 bridgehead atoms. The second-order valence-corrected chi connectivity index (χ2v) is 5.41. The molecule has 0 radical (unpaired) electrons. The van der Waals surface area contributed by atoms with E-state index in [2.05, 4.69) is 10.2 Å². The summed E-state index contributed by atoms with van der Waals surface area (Å²) in [6.07, 6.45) is 0.462. The van der Waals surface area contributed by atoms with Crippen LogP contribution in [0.4, 0.5) is 0 Å². The Morgan fingerprint density at radius 1 is 1.35 bits per heavy atom. The van der Waals surface area contributed by atoms with Gasteiger partial charge in [-0.3, -0.25) is 4.79 Å². The van der Waals surface area contributed by atoms with E-state index in [9.17, 15) is 4.79 Å². The van der Waals surface area contributed by atoms with E-state index in [1.54, 1.807) is 6.92 Å². The summed E-state index contributed by atoms with van der Waals surface area (Å²) in [4.78, 5) is 14.0. The van der Waals surface area contributed by atoms with Gasteiger partial charge < -0.3 is 15.0 Å². The maximum Gasteiger partial charge on any atom is 0.260 e. The number of rotatable bonds is 7. The third-order valence-electron chi connectivity index (χ3n) is 3.31.